The molecule has 2 heterocycles. The molecule has 0 aromatic rings. The van der Waals surface area contributed by atoms with Crippen molar-refractivity contribution in [3.8, 4) is 0 Å². The smallest absolute Gasteiger partial charge is 0.303 e. The lowest BCUT2D eigenvalue weighted by molar-refractivity contribution is -0.138. The van der Waals surface area contributed by atoms with Crippen molar-refractivity contribution in [1.82, 2.24) is 9.80 Å². The minimum atomic E-state index is -0.636. The minimum Gasteiger partial charge on any atom is -0.481 e. The van der Waals surface area contributed by atoms with Crippen LogP contribution in [0.3, 0.4) is 0 Å². The Bertz CT molecular complexity index is 254. The molecule has 0 unspecified atom stereocenters. The van der Waals surface area contributed by atoms with Gasteiger partial charge in [0.1, 0.15) is 0 Å². The van der Waals surface area contributed by atoms with Crippen molar-refractivity contribution in [2.45, 2.75) is 38.1 Å². The lowest BCUT2D eigenvalue weighted by atomic mass is 9.91. The Labute approximate surface area is 104 Å². The van der Waals surface area contributed by atoms with E-state index in [1.807, 2.05) is 0 Å². The number of carbonyl (C=O) groups is 1. The monoisotopic (exact) mass is 240 g/mol. The Morgan fingerprint density at radius 3 is 2.24 bits per heavy atom. The van der Waals surface area contributed by atoms with Gasteiger partial charge in [-0.1, -0.05) is 0 Å². The molecule has 2 fully saturated rings. The summed E-state index contributed by atoms with van der Waals surface area (Å²) in [4.78, 5) is 15.7. The lowest BCUT2D eigenvalue weighted by Gasteiger charge is -2.40. The van der Waals surface area contributed by atoms with Crippen LogP contribution in [-0.4, -0.2) is 60.1 Å². The van der Waals surface area contributed by atoms with E-state index >= 15 is 0 Å². The zero-order valence-corrected chi connectivity index (χ0v) is 10.8. The Morgan fingerprint density at radius 2 is 1.71 bits per heavy atom. The standard InChI is InChI=1S/C13H24N2O2/c1-14-6-4-12(5-7-14)15-8-2-11(3-9-15)10-13(16)17/h11-12H,2-10H2,1H3,(H,16,17). The second-order valence-corrected chi connectivity index (χ2v) is 5.61. The van der Waals surface area contributed by atoms with Gasteiger partial charge in [0, 0.05) is 12.5 Å². The van der Waals surface area contributed by atoms with Crippen molar-refractivity contribution < 1.29 is 9.90 Å². The highest BCUT2D eigenvalue weighted by Crippen LogP contribution is 2.25. The predicted molar refractivity (Wildman–Crippen MR) is 67.1 cm³/mol. The van der Waals surface area contributed by atoms with Gasteiger partial charge in [0.2, 0.25) is 0 Å². The molecule has 0 spiro atoms. The van der Waals surface area contributed by atoms with E-state index in [9.17, 15) is 4.79 Å². The van der Waals surface area contributed by atoms with Crippen LogP contribution in [0, 0.1) is 5.92 Å². The van der Waals surface area contributed by atoms with Crippen molar-refractivity contribution in [1.29, 1.82) is 0 Å². The summed E-state index contributed by atoms with van der Waals surface area (Å²) in [6.07, 6.45) is 5.05. The van der Waals surface area contributed by atoms with Gasteiger partial charge in [-0.05, 0) is 64.8 Å². The van der Waals surface area contributed by atoms with Crippen LogP contribution < -0.4 is 0 Å². The average Bonchev–Trinajstić information content (AvgIpc) is 2.30. The molecule has 0 bridgehead atoms. The Hall–Kier alpha value is -0.610. The second kappa shape index (κ2) is 5.83. The fraction of sp³-hybridized carbons (Fsp3) is 0.923. The topological polar surface area (TPSA) is 43.8 Å². The molecule has 0 amide bonds. The first-order valence-corrected chi connectivity index (χ1v) is 6.79. The van der Waals surface area contributed by atoms with Gasteiger partial charge in [0.05, 0.1) is 0 Å². The molecular formula is C13H24N2O2. The van der Waals surface area contributed by atoms with Crippen molar-refractivity contribution in [2.75, 3.05) is 33.2 Å². The number of likely N-dealkylation sites (tertiary alicyclic amines) is 2. The molecule has 4 heteroatoms. The van der Waals surface area contributed by atoms with E-state index in [4.69, 9.17) is 5.11 Å². The van der Waals surface area contributed by atoms with Gasteiger partial charge in [-0.2, -0.15) is 0 Å². The minimum absolute atomic E-state index is 0.362. The molecule has 2 rings (SSSR count). The normalized spacial score (nSPS) is 26.2. The molecule has 2 aliphatic rings. The maximum absolute atomic E-state index is 10.7. The average molecular weight is 240 g/mol. The molecule has 0 aromatic carbocycles. The van der Waals surface area contributed by atoms with Crippen molar-refractivity contribution in [3.63, 3.8) is 0 Å². The molecule has 0 aromatic heterocycles. The SMILES string of the molecule is CN1CCC(N2CCC(CC(=O)O)CC2)CC1. The molecule has 2 saturated heterocycles. The van der Waals surface area contributed by atoms with Gasteiger partial charge in [-0.3, -0.25) is 4.79 Å². The van der Waals surface area contributed by atoms with Crippen molar-refractivity contribution in [3.05, 3.63) is 0 Å². The zero-order chi connectivity index (χ0) is 12.3. The largest absolute Gasteiger partial charge is 0.481 e. The molecule has 1 N–H and O–H groups in total. The Balaban J connectivity index is 1.73. The summed E-state index contributed by atoms with van der Waals surface area (Å²) in [6, 6.07) is 0.747. The van der Waals surface area contributed by atoms with E-state index in [1.165, 1.54) is 25.9 Å². The third-order valence-corrected chi connectivity index (χ3v) is 4.32. The summed E-state index contributed by atoms with van der Waals surface area (Å²) in [5.74, 6) is -0.224. The number of hydrogen-bond donors (Lipinski definition) is 1. The number of carboxylic acids is 1. The maximum atomic E-state index is 10.7. The fourth-order valence-electron chi connectivity index (χ4n) is 3.13. The van der Waals surface area contributed by atoms with Crippen molar-refractivity contribution >= 4 is 5.97 Å². The van der Waals surface area contributed by atoms with Gasteiger partial charge in [0.25, 0.3) is 0 Å². The van der Waals surface area contributed by atoms with E-state index in [-0.39, 0.29) is 0 Å². The van der Waals surface area contributed by atoms with E-state index in [0.29, 0.717) is 12.3 Å². The predicted octanol–water partition coefficient (Wildman–Crippen LogP) is 1.27. The molecular weight excluding hydrogens is 216 g/mol. The van der Waals surface area contributed by atoms with Crippen LogP contribution in [-0.2, 0) is 4.79 Å². The van der Waals surface area contributed by atoms with E-state index in [1.54, 1.807) is 0 Å². The van der Waals surface area contributed by atoms with E-state index < -0.39 is 5.97 Å². The first-order chi connectivity index (χ1) is 8.15. The van der Waals surface area contributed by atoms with E-state index in [0.717, 1.165) is 32.0 Å². The summed E-state index contributed by atoms with van der Waals surface area (Å²) < 4.78 is 0. The summed E-state index contributed by atoms with van der Waals surface area (Å²) >= 11 is 0. The second-order valence-electron chi connectivity index (χ2n) is 5.61. The molecule has 0 atom stereocenters. The fourth-order valence-corrected chi connectivity index (χ4v) is 3.13. The number of rotatable bonds is 3. The van der Waals surface area contributed by atoms with Crippen LogP contribution in [0.2, 0.25) is 0 Å². The Morgan fingerprint density at radius 1 is 1.12 bits per heavy atom. The molecule has 0 saturated carbocycles. The van der Waals surface area contributed by atoms with Gasteiger partial charge < -0.3 is 14.9 Å². The van der Waals surface area contributed by atoms with Crippen LogP contribution in [0.1, 0.15) is 32.1 Å². The van der Waals surface area contributed by atoms with Gasteiger partial charge in [-0.25, -0.2) is 0 Å². The van der Waals surface area contributed by atoms with Crippen LogP contribution >= 0.6 is 0 Å². The summed E-state index contributed by atoms with van der Waals surface area (Å²) in [7, 11) is 2.19. The zero-order valence-electron chi connectivity index (χ0n) is 10.8. The first-order valence-electron chi connectivity index (χ1n) is 6.79. The van der Waals surface area contributed by atoms with E-state index in [2.05, 4.69) is 16.8 Å². The quantitative estimate of drug-likeness (QED) is 0.807. The first kappa shape index (κ1) is 12.8. The van der Waals surface area contributed by atoms with Crippen LogP contribution in [0.15, 0.2) is 0 Å². The summed E-state index contributed by atoms with van der Waals surface area (Å²) in [6.45, 7) is 4.62. The number of carboxylic acid groups (broad SMARTS) is 1. The third kappa shape index (κ3) is 3.68. The van der Waals surface area contributed by atoms with Gasteiger partial charge >= 0.3 is 5.97 Å². The number of aliphatic carboxylic acids is 1. The molecule has 2 aliphatic heterocycles. The van der Waals surface area contributed by atoms with Gasteiger partial charge in [0.15, 0.2) is 0 Å². The van der Waals surface area contributed by atoms with Crippen LogP contribution in [0.4, 0.5) is 0 Å². The number of hydrogen-bond acceptors (Lipinski definition) is 3. The molecule has 17 heavy (non-hydrogen) atoms. The maximum Gasteiger partial charge on any atom is 0.303 e. The highest BCUT2D eigenvalue weighted by atomic mass is 16.4. The molecule has 4 nitrogen and oxygen atoms in total. The summed E-state index contributed by atoms with van der Waals surface area (Å²) in [5.41, 5.74) is 0. The molecule has 0 aliphatic carbocycles. The highest BCUT2D eigenvalue weighted by Gasteiger charge is 2.27. The Kier molecular flexibility index (Phi) is 4.40. The van der Waals surface area contributed by atoms with Crippen molar-refractivity contribution in [2.24, 2.45) is 5.92 Å². The number of piperidine rings is 2. The summed E-state index contributed by atoms with van der Waals surface area (Å²) in [5, 5.41) is 8.79. The molecule has 0 radical (unpaired) electrons. The number of nitrogens with zero attached hydrogens (tertiary/aromatic N) is 2. The van der Waals surface area contributed by atoms with Gasteiger partial charge in [-0.15, -0.1) is 0 Å². The third-order valence-electron chi connectivity index (χ3n) is 4.32. The lowest BCUT2D eigenvalue weighted by Crippen LogP contribution is -2.47. The van der Waals surface area contributed by atoms with Crippen LogP contribution in [0.5, 0.6) is 0 Å². The highest BCUT2D eigenvalue weighted by molar-refractivity contribution is 5.67. The van der Waals surface area contributed by atoms with Crippen LogP contribution in [0.25, 0.3) is 0 Å². The molecule has 98 valence electrons.